The fraction of sp³-hybridized carbons (Fsp3) is 0.226. The lowest BCUT2D eigenvalue weighted by atomic mass is 9.83. The molecule has 3 heterocycles. The number of nitrogens with one attached hydrogen (secondary N) is 1. The Kier molecular flexibility index (Phi) is 7.93. The topological polar surface area (TPSA) is 161 Å². The number of nitro benzene ring substituents is 1. The highest BCUT2D eigenvalue weighted by Gasteiger charge is 2.57. The number of fused-ring (bicyclic) bond motifs is 2. The molecule has 1 fully saturated rings. The van der Waals surface area contributed by atoms with Crippen LogP contribution < -0.4 is 19.8 Å². The number of nitro groups is 1. The van der Waals surface area contributed by atoms with Crippen LogP contribution in [0.25, 0.3) is 0 Å². The quantitative estimate of drug-likeness (QED) is 0.158. The molecule has 0 aliphatic carbocycles. The maximum atomic E-state index is 14.1. The van der Waals surface area contributed by atoms with Crippen molar-refractivity contribution in [2.75, 3.05) is 16.8 Å². The van der Waals surface area contributed by atoms with E-state index >= 15 is 0 Å². The van der Waals surface area contributed by atoms with Gasteiger partial charge in [-0.15, -0.1) is 0 Å². The van der Waals surface area contributed by atoms with Gasteiger partial charge in [0.15, 0.2) is 11.5 Å². The van der Waals surface area contributed by atoms with Crippen molar-refractivity contribution in [2.24, 2.45) is 5.92 Å². The van der Waals surface area contributed by atoms with Gasteiger partial charge < -0.3 is 15.2 Å². The monoisotopic (exact) mass is 646 g/mol. The molecular weight excluding hydrogens is 620 g/mol. The number of phenolic OH excluding ortho intramolecular Hbond substituents is 1. The number of thiazole rings is 1. The van der Waals surface area contributed by atoms with Gasteiger partial charge in [-0.25, -0.2) is 4.90 Å². The maximum Gasteiger partial charge on any atom is 0.308 e. The standard InChI is InChI=1S/C31H26N4O8S2/c1-3-43-22-14-17(6-13-21(22)36)24-25-26(29(39)34(28(25)38)19-9-11-20(12-10-19)35(41)42)44-30-27(24)45-31(40)33(30)15-23(37)32-18-7-4-16(2)5-8-18/h4-14,24-26,36H,3,15H2,1-2H3,(H,32,37)/t24-,25?,26?/m0/s1. The summed E-state index contributed by atoms with van der Waals surface area (Å²) in [5.74, 6) is -3.18. The molecule has 2 aliphatic rings. The van der Waals surface area contributed by atoms with Gasteiger partial charge in [-0.2, -0.15) is 0 Å². The lowest BCUT2D eigenvalue weighted by Gasteiger charge is -2.31. The predicted molar refractivity (Wildman–Crippen MR) is 168 cm³/mol. The van der Waals surface area contributed by atoms with Crippen LogP contribution in [-0.2, 0) is 20.9 Å². The molecule has 0 spiro atoms. The Labute approximate surface area is 264 Å². The van der Waals surface area contributed by atoms with Crippen LogP contribution in [0.15, 0.2) is 76.6 Å². The lowest BCUT2D eigenvalue weighted by Crippen LogP contribution is -2.33. The van der Waals surface area contributed by atoms with Crippen molar-refractivity contribution in [2.45, 2.75) is 36.6 Å². The van der Waals surface area contributed by atoms with Crippen LogP contribution in [0.3, 0.4) is 0 Å². The minimum Gasteiger partial charge on any atom is -0.504 e. The summed E-state index contributed by atoms with van der Waals surface area (Å²) in [7, 11) is 0. The van der Waals surface area contributed by atoms with Crippen molar-refractivity contribution in [1.82, 2.24) is 4.57 Å². The smallest absolute Gasteiger partial charge is 0.308 e. The molecule has 45 heavy (non-hydrogen) atoms. The number of carbonyl (C=O) groups is 3. The third kappa shape index (κ3) is 5.46. The van der Waals surface area contributed by atoms with Gasteiger partial charge in [0.1, 0.15) is 11.8 Å². The number of hydrogen-bond acceptors (Lipinski definition) is 10. The Hall–Kier alpha value is -4.95. The summed E-state index contributed by atoms with van der Waals surface area (Å²) in [6, 6.07) is 17.0. The zero-order valence-electron chi connectivity index (χ0n) is 24.0. The molecule has 3 atom stereocenters. The van der Waals surface area contributed by atoms with E-state index < -0.39 is 44.6 Å². The molecule has 0 saturated carbocycles. The highest BCUT2D eigenvalue weighted by molar-refractivity contribution is 8.00. The molecule has 2 N–H and O–H groups in total. The van der Waals surface area contributed by atoms with Gasteiger partial charge in [0, 0.05) is 28.6 Å². The number of thioether (sulfide) groups is 1. The number of aromatic hydroxyl groups is 1. The Morgan fingerprint density at radius 2 is 1.76 bits per heavy atom. The van der Waals surface area contributed by atoms with Gasteiger partial charge in [0.25, 0.3) is 5.69 Å². The molecule has 4 aromatic rings. The molecule has 2 unspecified atom stereocenters. The molecule has 230 valence electrons. The number of benzene rings is 3. The summed E-state index contributed by atoms with van der Waals surface area (Å²) >= 11 is 1.95. The Bertz CT molecular complexity index is 1900. The molecule has 12 nitrogen and oxygen atoms in total. The number of phenols is 1. The largest absolute Gasteiger partial charge is 0.504 e. The Balaban J connectivity index is 1.42. The SMILES string of the molecule is CCOc1cc([C@@H]2c3sc(=O)n(CC(=O)Nc4ccc(C)cc4)c3SC3C(=O)N(c4ccc([N+](=O)[O-])cc4)C(=O)C32)ccc1O. The Morgan fingerprint density at radius 1 is 1.04 bits per heavy atom. The van der Waals surface area contributed by atoms with Gasteiger partial charge in [0.05, 0.1) is 28.2 Å². The van der Waals surface area contributed by atoms with Crippen LogP contribution in [-0.4, -0.2) is 44.2 Å². The van der Waals surface area contributed by atoms with E-state index in [1.165, 1.54) is 34.9 Å². The van der Waals surface area contributed by atoms with Crippen molar-refractivity contribution in [1.29, 1.82) is 0 Å². The van der Waals surface area contributed by atoms with Crippen molar-refractivity contribution in [3.63, 3.8) is 0 Å². The number of ether oxygens (including phenoxy) is 1. The number of imide groups is 1. The number of amides is 3. The number of non-ortho nitro benzene ring substituents is 1. The number of aryl methyl sites for hydroxylation is 1. The predicted octanol–water partition coefficient (Wildman–Crippen LogP) is 4.67. The van der Waals surface area contributed by atoms with E-state index in [4.69, 9.17) is 4.74 Å². The second kappa shape index (κ2) is 11.9. The number of hydrogen-bond donors (Lipinski definition) is 2. The Morgan fingerprint density at radius 3 is 2.42 bits per heavy atom. The zero-order chi connectivity index (χ0) is 32.0. The fourth-order valence-corrected chi connectivity index (χ4v) is 8.34. The summed E-state index contributed by atoms with van der Waals surface area (Å²) in [5, 5.41) is 23.8. The molecule has 3 aromatic carbocycles. The van der Waals surface area contributed by atoms with Crippen molar-refractivity contribution in [3.8, 4) is 11.5 Å². The van der Waals surface area contributed by atoms with Crippen LogP contribution >= 0.6 is 23.1 Å². The van der Waals surface area contributed by atoms with Gasteiger partial charge in [-0.1, -0.05) is 46.9 Å². The van der Waals surface area contributed by atoms with Gasteiger partial charge in [-0.3, -0.25) is 33.9 Å². The minimum absolute atomic E-state index is 0.109. The molecule has 1 aromatic heterocycles. The number of nitrogens with zero attached hydrogens (tertiary/aromatic N) is 3. The van der Waals surface area contributed by atoms with Crippen LogP contribution in [0.4, 0.5) is 17.1 Å². The first-order chi connectivity index (χ1) is 21.6. The van der Waals surface area contributed by atoms with E-state index in [0.29, 0.717) is 21.2 Å². The second-order valence-electron chi connectivity index (χ2n) is 10.5. The first kappa shape index (κ1) is 30.1. The first-order valence-corrected chi connectivity index (χ1v) is 15.6. The molecule has 6 rings (SSSR count). The van der Waals surface area contributed by atoms with Gasteiger partial charge in [-0.05, 0) is 55.8 Å². The molecule has 0 bridgehead atoms. The van der Waals surface area contributed by atoms with Crippen molar-refractivity contribution >= 4 is 57.9 Å². The van der Waals surface area contributed by atoms with E-state index in [9.17, 15) is 34.4 Å². The van der Waals surface area contributed by atoms with E-state index in [1.807, 2.05) is 19.1 Å². The number of aromatic nitrogens is 1. The highest BCUT2D eigenvalue weighted by Crippen LogP contribution is 2.54. The zero-order valence-corrected chi connectivity index (χ0v) is 25.6. The van der Waals surface area contributed by atoms with Gasteiger partial charge in [0.2, 0.25) is 17.7 Å². The average molecular weight is 647 g/mol. The van der Waals surface area contributed by atoms with Crippen LogP contribution in [0.5, 0.6) is 11.5 Å². The van der Waals surface area contributed by atoms with E-state index in [2.05, 4.69) is 5.32 Å². The third-order valence-corrected chi connectivity index (χ3v) is 10.3. The summed E-state index contributed by atoms with van der Waals surface area (Å²) in [5.41, 5.74) is 2.12. The average Bonchev–Trinajstić information content (AvgIpc) is 3.45. The van der Waals surface area contributed by atoms with Gasteiger partial charge >= 0.3 is 4.87 Å². The number of anilines is 2. The molecule has 14 heteroatoms. The molecule has 1 saturated heterocycles. The highest BCUT2D eigenvalue weighted by atomic mass is 32.2. The van der Waals surface area contributed by atoms with Crippen LogP contribution in [0, 0.1) is 23.0 Å². The lowest BCUT2D eigenvalue weighted by molar-refractivity contribution is -0.384. The summed E-state index contributed by atoms with van der Waals surface area (Å²) in [6.45, 7) is 3.63. The molecular formula is C31H26N4O8S2. The molecule has 0 radical (unpaired) electrons. The van der Waals surface area contributed by atoms with Crippen LogP contribution in [0.1, 0.15) is 28.8 Å². The first-order valence-electron chi connectivity index (χ1n) is 13.9. The summed E-state index contributed by atoms with van der Waals surface area (Å²) in [6.07, 6.45) is 0. The second-order valence-corrected chi connectivity index (χ2v) is 12.6. The number of carbonyl (C=O) groups excluding carboxylic acids is 3. The summed E-state index contributed by atoms with van der Waals surface area (Å²) in [4.78, 5) is 66.1. The fourth-order valence-electron chi connectivity index (χ4n) is 5.57. The summed E-state index contributed by atoms with van der Waals surface area (Å²) < 4.78 is 6.91. The van der Waals surface area contributed by atoms with Crippen molar-refractivity contribution < 1.29 is 29.2 Å². The van der Waals surface area contributed by atoms with Crippen LogP contribution in [0.2, 0.25) is 0 Å². The minimum atomic E-state index is -0.963. The third-order valence-electron chi connectivity index (χ3n) is 7.65. The van der Waals surface area contributed by atoms with E-state index in [0.717, 1.165) is 33.6 Å². The number of rotatable bonds is 8. The van der Waals surface area contributed by atoms with E-state index in [-0.39, 0.29) is 36.0 Å². The molecule has 3 amide bonds. The van der Waals surface area contributed by atoms with Crippen molar-refractivity contribution in [3.05, 3.63) is 103 Å². The maximum absolute atomic E-state index is 14.1. The normalized spacial score (nSPS) is 18.8. The molecule has 2 aliphatic heterocycles. The van der Waals surface area contributed by atoms with E-state index in [1.54, 1.807) is 31.2 Å².